The lowest BCUT2D eigenvalue weighted by molar-refractivity contribution is -0.384. The van der Waals surface area contributed by atoms with Gasteiger partial charge in [-0.3, -0.25) is 19.7 Å². The Morgan fingerprint density at radius 2 is 1.81 bits per heavy atom. The van der Waals surface area contributed by atoms with Gasteiger partial charge in [-0.25, -0.2) is 0 Å². The van der Waals surface area contributed by atoms with Crippen LogP contribution in [0.4, 0.5) is 5.69 Å². The number of fused-ring (bicyclic) bond motifs is 3. The molecule has 1 aromatic heterocycles. The first-order valence-corrected chi connectivity index (χ1v) is 10.4. The van der Waals surface area contributed by atoms with Crippen molar-refractivity contribution in [1.29, 1.82) is 0 Å². The van der Waals surface area contributed by atoms with Crippen LogP contribution in [0.3, 0.4) is 0 Å². The molecule has 2 bridgehead atoms. The number of furan rings is 1. The predicted octanol–water partition coefficient (Wildman–Crippen LogP) is 4.04. The molecule has 3 fully saturated rings. The number of hydrogen-bond donors (Lipinski definition) is 0. The van der Waals surface area contributed by atoms with E-state index in [0.29, 0.717) is 0 Å². The van der Waals surface area contributed by atoms with Crippen molar-refractivity contribution >= 4 is 35.3 Å². The van der Waals surface area contributed by atoms with Crippen LogP contribution in [-0.4, -0.2) is 28.0 Å². The monoisotopic (exact) mass is 437 g/mol. The topological polar surface area (TPSA) is 106 Å². The van der Waals surface area contributed by atoms with Gasteiger partial charge in [0.15, 0.2) is 0 Å². The molecule has 1 aliphatic heterocycles. The zero-order chi connectivity index (χ0) is 21.5. The molecule has 2 heterocycles. The summed E-state index contributed by atoms with van der Waals surface area (Å²) in [5.74, 6) is -0.323. The van der Waals surface area contributed by atoms with Crippen LogP contribution in [0.5, 0.6) is 0 Å². The van der Waals surface area contributed by atoms with Gasteiger partial charge in [0.05, 0.1) is 28.5 Å². The number of allylic oxidation sites excluding steroid dienone is 2. The van der Waals surface area contributed by atoms with E-state index in [2.05, 4.69) is 17.3 Å². The lowest BCUT2D eigenvalue weighted by Gasteiger charge is -2.18. The first-order chi connectivity index (χ1) is 14.9. The summed E-state index contributed by atoms with van der Waals surface area (Å²) in [5.41, 5.74) is 0.231. The van der Waals surface area contributed by atoms with Crippen molar-refractivity contribution in [3.05, 3.63) is 63.4 Å². The number of hydrogen-bond acceptors (Lipinski definition) is 6. The Morgan fingerprint density at radius 1 is 1.13 bits per heavy atom. The van der Waals surface area contributed by atoms with E-state index >= 15 is 0 Å². The molecule has 6 rings (SSSR count). The molecule has 4 atom stereocenters. The van der Waals surface area contributed by atoms with E-state index in [0.717, 1.165) is 17.9 Å². The van der Waals surface area contributed by atoms with E-state index in [1.807, 2.05) is 0 Å². The molecule has 8 nitrogen and oxygen atoms in total. The van der Waals surface area contributed by atoms with Gasteiger partial charge in [0.25, 0.3) is 17.5 Å². The number of nitro benzene ring substituents is 1. The number of carbonyl (C=O) groups excluding carboxylic acids is 2. The number of carbonyl (C=O) groups is 2. The summed E-state index contributed by atoms with van der Waals surface area (Å²) in [5, 5.41) is 16.6. The minimum atomic E-state index is -0.535. The Hall–Kier alpha value is -3.26. The molecule has 2 aromatic rings. The Labute approximate surface area is 181 Å². The molecule has 0 unspecified atom stereocenters. The van der Waals surface area contributed by atoms with Crippen molar-refractivity contribution < 1.29 is 18.9 Å². The van der Waals surface area contributed by atoms with Crippen molar-refractivity contribution in [3.63, 3.8) is 0 Å². The van der Waals surface area contributed by atoms with Gasteiger partial charge >= 0.3 is 0 Å². The molecule has 1 saturated heterocycles. The minimum absolute atomic E-state index is 0.139. The molecule has 9 heteroatoms. The highest BCUT2D eigenvalue weighted by molar-refractivity contribution is 6.30. The van der Waals surface area contributed by atoms with Crippen LogP contribution in [0.25, 0.3) is 11.3 Å². The molecule has 4 aliphatic rings. The number of benzene rings is 1. The highest BCUT2D eigenvalue weighted by atomic mass is 35.5. The van der Waals surface area contributed by atoms with Gasteiger partial charge in [0.2, 0.25) is 0 Å². The third kappa shape index (κ3) is 2.45. The van der Waals surface area contributed by atoms with Gasteiger partial charge < -0.3 is 4.42 Å². The zero-order valence-corrected chi connectivity index (χ0v) is 16.9. The fraction of sp³-hybridized carbons (Fsp3) is 0.318. The SMILES string of the molecule is O=C1[C@@H]2[C@@H](C(=O)N1/N=C\c1ccc(-c3ccc(Cl)cc3[N+](=O)[O-])o1)[C@H]1C=C[C@H]2C12CC2. The van der Waals surface area contributed by atoms with Crippen LogP contribution in [0, 0.1) is 39.2 Å². The average Bonchev–Trinajstić information content (AvgIpc) is 3.03. The van der Waals surface area contributed by atoms with Crippen molar-refractivity contribution in [1.82, 2.24) is 5.01 Å². The Bertz CT molecular complexity index is 1190. The fourth-order valence-corrected chi connectivity index (χ4v) is 5.89. The Morgan fingerprint density at radius 3 is 2.42 bits per heavy atom. The summed E-state index contributed by atoms with van der Waals surface area (Å²) in [6.07, 6.45) is 7.67. The molecule has 1 spiro atoms. The summed E-state index contributed by atoms with van der Waals surface area (Å²) in [6.45, 7) is 0. The van der Waals surface area contributed by atoms with Crippen molar-refractivity contribution in [3.8, 4) is 11.3 Å². The van der Waals surface area contributed by atoms with Crippen LogP contribution in [-0.2, 0) is 9.59 Å². The van der Waals surface area contributed by atoms with Crippen molar-refractivity contribution in [2.45, 2.75) is 12.8 Å². The van der Waals surface area contributed by atoms with Gasteiger partial charge in [-0.05, 0) is 54.4 Å². The third-order valence-electron chi connectivity index (χ3n) is 7.18. The number of hydrazone groups is 1. The molecule has 1 aromatic carbocycles. The maximum Gasteiger partial charge on any atom is 0.281 e. The Kier molecular flexibility index (Phi) is 3.66. The van der Waals surface area contributed by atoms with Gasteiger partial charge in [0.1, 0.15) is 11.5 Å². The van der Waals surface area contributed by atoms with Gasteiger partial charge in [0, 0.05) is 11.1 Å². The molecule has 0 N–H and O–H groups in total. The largest absolute Gasteiger partial charge is 0.455 e. The second-order valence-electron chi connectivity index (χ2n) is 8.57. The summed E-state index contributed by atoms with van der Waals surface area (Å²) in [4.78, 5) is 36.7. The third-order valence-corrected chi connectivity index (χ3v) is 7.41. The maximum absolute atomic E-state index is 12.9. The lowest BCUT2D eigenvalue weighted by atomic mass is 9.85. The summed E-state index contributed by atoms with van der Waals surface area (Å²) >= 11 is 5.86. The van der Waals surface area contributed by atoms with Crippen LogP contribution in [0.15, 0.2) is 52.0 Å². The van der Waals surface area contributed by atoms with E-state index in [1.165, 1.54) is 24.4 Å². The molecule has 0 radical (unpaired) electrons. The number of halogens is 1. The number of rotatable bonds is 4. The normalized spacial score (nSPS) is 29.5. The quantitative estimate of drug-likeness (QED) is 0.236. The fourth-order valence-electron chi connectivity index (χ4n) is 5.72. The molecular formula is C22H16ClN3O5. The molecule has 2 saturated carbocycles. The molecule has 156 valence electrons. The second-order valence-corrected chi connectivity index (χ2v) is 9.01. The van der Waals surface area contributed by atoms with Crippen molar-refractivity contribution in [2.75, 3.05) is 0 Å². The molecule has 3 aliphatic carbocycles. The molecule has 2 amide bonds. The predicted molar refractivity (Wildman–Crippen MR) is 110 cm³/mol. The molecular weight excluding hydrogens is 422 g/mol. The zero-order valence-electron chi connectivity index (χ0n) is 16.1. The molecule has 31 heavy (non-hydrogen) atoms. The summed E-state index contributed by atoms with van der Waals surface area (Å²) in [7, 11) is 0. The van der Waals surface area contributed by atoms with E-state index in [-0.39, 0.29) is 68.7 Å². The Balaban J connectivity index is 1.25. The number of amides is 2. The summed E-state index contributed by atoms with van der Waals surface area (Å²) < 4.78 is 5.66. The second kappa shape index (κ2) is 6.13. The first-order valence-electron chi connectivity index (χ1n) is 10.0. The standard InChI is InChI=1S/C22H16ClN3O5/c23-11-1-3-13(16(9-11)26(29)30)17-6-2-12(31-17)10-24-25-20(27)18-14-4-5-15(19(18)21(25)28)22(14)7-8-22/h1-6,9-10,14-15,18-19H,7-8H2/b24-10-/t14-,15-,18+,19+/m1/s1. The van der Waals surface area contributed by atoms with E-state index < -0.39 is 4.92 Å². The first kappa shape index (κ1) is 18.5. The number of nitro groups is 1. The van der Waals surface area contributed by atoms with Crippen LogP contribution in [0.2, 0.25) is 5.02 Å². The van der Waals surface area contributed by atoms with Crippen molar-refractivity contribution in [2.24, 2.45) is 34.2 Å². The lowest BCUT2D eigenvalue weighted by Crippen LogP contribution is -2.30. The highest BCUT2D eigenvalue weighted by Gasteiger charge is 2.73. The van der Waals surface area contributed by atoms with Gasteiger partial charge in [-0.15, -0.1) is 0 Å². The van der Waals surface area contributed by atoms with Gasteiger partial charge in [-0.1, -0.05) is 23.8 Å². The average molecular weight is 438 g/mol. The minimum Gasteiger partial charge on any atom is -0.455 e. The van der Waals surface area contributed by atoms with Crippen LogP contribution < -0.4 is 0 Å². The number of nitrogens with zero attached hydrogens (tertiary/aromatic N) is 3. The smallest absolute Gasteiger partial charge is 0.281 e. The maximum atomic E-state index is 12.9. The van der Waals surface area contributed by atoms with Gasteiger partial charge in [-0.2, -0.15) is 10.1 Å². The van der Waals surface area contributed by atoms with E-state index in [9.17, 15) is 19.7 Å². The summed E-state index contributed by atoms with van der Waals surface area (Å²) in [6, 6.07) is 7.44. The van der Waals surface area contributed by atoms with E-state index in [1.54, 1.807) is 12.1 Å². The van der Waals surface area contributed by atoms with Crippen LogP contribution in [0.1, 0.15) is 18.6 Å². The number of imide groups is 1. The highest BCUT2D eigenvalue weighted by Crippen LogP contribution is 2.73. The van der Waals surface area contributed by atoms with E-state index in [4.69, 9.17) is 16.0 Å². The van der Waals surface area contributed by atoms with Crippen LogP contribution >= 0.6 is 11.6 Å².